The summed E-state index contributed by atoms with van der Waals surface area (Å²) in [5.41, 5.74) is 1.21. The van der Waals surface area contributed by atoms with Crippen molar-refractivity contribution in [1.82, 2.24) is 4.90 Å². The summed E-state index contributed by atoms with van der Waals surface area (Å²) in [7, 11) is 0. The SMILES string of the molecule is CCN(CCBr)C(=O)c1cc(C)c(C)s1. The van der Waals surface area contributed by atoms with Crippen molar-refractivity contribution in [2.24, 2.45) is 0 Å². The van der Waals surface area contributed by atoms with Crippen LogP contribution in [0.25, 0.3) is 0 Å². The predicted molar refractivity (Wildman–Crippen MR) is 69.2 cm³/mol. The zero-order valence-electron chi connectivity index (χ0n) is 9.34. The van der Waals surface area contributed by atoms with E-state index in [1.807, 2.05) is 24.8 Å². The fraction of sp³-hybridized carbons (Fsp3) is 0.545. The Bertz CT molecular complexity index is 329. The van der Waals surface area contributed by atoms with Crippen LogP contribution in [0.15, 0.2) is 6.07 Å². The van der Waals surface area contributed by atoms with Gasteiger partial charge in [0, 0.05) is 23.3 Å². The normalized spacial score (nSPS) is 10.4. The number of alkyl halides is 1. The van der Waals surface area contributed by atoms with E-state index in [1.165, 1.54) is 10.4 Å². The molecule has 1 aromatic rings. The van der Waals surface area contributed by atoms with Crippen LogP contribution in [0.3, 0.4) is 0 Å². The van der Waals surface area contributed by atoms with Gasteiger partial charge in [0.15, 0.2) is 0 Å². The third-order valence-corrected chi connectivity index (χ3v) is 3.90. The molecule has 1 heterocycles. The molecule has 4 heteroatoms. The minimum atomic E-state index is 0.151. The molecule has 0 saturated heterocycles. The first kappa shape index (κ1) is 12.7. The van der Waals surface area contributed by atoms with Crippen LogP contribution in [0.4, 0.5) is 0 Å². The summed E-state index contributed by atoms with van der Waals surface area (Å²) < 4.78 is 0. The van der Waals surface area contributed by atoms with Gasteiger partial charge in [0.2, 0.25) is 0 Å². The molecule has 0 aliphatic carbocycles. The van der Waals surface area contributed by atoms with Crippen molar-refractivity contribution in [3.63, 3.8) is 0 Å². The van der Waals surface area contributed by atoms with Crippen LogP contribution in [-0.4, -0.2) is 29.2 Å². The van der Waals surface area contributed by atoms with E-state index in [1.54, 1.807) is 11.3 Å². The molecule has 0 aliphatic rings. The molecule has 0 bridgehead atoms. The predicted octanol–water partition coefficient (Wildman–Crippen LogP) is 3.22. The number of aryl methyl sites for hydroxylation is 2. The van der Waals surface area contributed by atoms with Gasteiger partial charge in [0.05, 0.1) is 4.88 Å². The van der Waals surface area contributed by atoms with Crippen molar-refractivity contribution in [3.8, 4) is 0 Å². The molecule has 84 valence electrons. The maximum Gasteiger partial charge on any atom is 0.263 e. The van der Waals surface area contributed by atoms with Crippen LogP contribution >= 0.6 is 27.3 Å². The summed E-state index contributed by atoms with van der Waals surface area (Å²) in [6.07, 6.45) is 0. The summed E-state index contributed by atoms with van der Waals surface area (Å²) in [6, 6.07) is 1.99. The molecule has 0 N–H and O–H groups in total. The largest absolute Gasteiger partial charge is 0.337 e. The second-order valence-electron chi connectivity index (χ2n) is 3.42. The van der Waals surface area contributed by atoms with E-state index in [0.717, 1.165) is 23.3 Å². The highest BCUT2D eigenvalue weighted by molar-refractivity contribution is 9.09. The molecule has 1 aromatic heterocycles. The van der Waals surface area contributed by atoms with Crippen molar-refractivity contribution < 1.29 is 4.79 Å². The zero-order chi connectivity index (χ0) is 11.4. The third-order valence-electron chi connectivity index (χ3n) is 2.40. The van der Waals surface area contributed by atoms with E-state index < -0.39 is 0 Å². The molecule has 15 heavy (non-hydrogen) atoms. The summed E-state index contributed by atoms with van der Waals surface area (Å²) >= 11 is 4.95. The van der Waals surface area contributed by atoms with Crippen LogP contribution in [0.2, 0.25) is 0 Å². The van der Waals surface area contributed by atoms with Gasteiger partial charge in [-0.1, -0.05) is 15.9 Å². The minimum absolute atomic E-state index is 0.151. The molecule has 0 aliphatic heterocycles. The van der Waals surface area contributed by atoms with E-state index in [2.05, 4.69) is 22.9 Å². The van der Waals surface area contributed by atoms with E-state index in [9.17, 15) is 4.79 Å². The average molecular weight is 290 g/mol. The van der Waals surface area contributed by atoms with Gasteiger partial charge in [-0.05, 0) is 32.4 Å². The zero-order valence-corrected chi connectivity index (χ0v) is 11.7. The summed E-state index contributed by atoms with van der Waals surface area (Å²) in [5, 5.41) is 0.829. The van der Waals surface area contributed by atoms with E-state index in [-0.39, 0.29) is 5.91 Å². The Balaban J connectivity index is 2.82. The van der Waals surface area contributed by atoms with Gasteiger partial charge in [0.25, 0.3) is 5.91 Å². The van der Waals surface area contributed by atoms with Gasteiger partial charge < -0.3 is 4.90 Å². The Labute approximate surface area is 103 Å². The molecule has 0 aromatic carbocycles. The van der Waals surface area contributed by atoms with E-state index in [0.29, 0.717) is 0 Å². The Kier molecular flexibility index (Phi) is 4.80. The van der Waals surface area contributed by atoms with Crippen LogP contribution in [0, 0.1) is 13.8 Å². The Morgan fingerprint density at radius 2 is 2.20 bits per heavy atom. The lowest BCUT2D eigenvalue weighted by Gasteiger charge is -2.18. The van der Waals surface area contributed by atoms with Crippen molar-refractivity contribution >= 4 is 33.2 Å². The molecular formula is C11H16BrNOS. The smallest absolute Gasteiger partial charge is 0.263 e. The van der Waals surface area contributed by atoms with Gasteiger partial charge in [-0.3, -0.25) is 4.79 Å². The number of nitrogens with zero attached hydrogens (tertiary/aromatic N) is 1. The van der Waals surface area contributed by atoms with Gasteiger partial charge in [0.1, 0.15) is 0 Å². The second-order valence-corrected chi connectivity index (χ2v) is 5.47. The first-order chi connectivity index (χ1) is 7.10. The lowest BCUT2D eigenvalue weighted by atomic mass is 10.2. The molecule has 0 atom stereocenters. The Morgan fingerprint density at radius 3 is 2.60 bits per heavy atom. The number of carbonyl (C=O) groups excluding carboxylic acids is 1. The topological polar surface area (TPSA) is 20.3 Å². The number of thiophene rings is 1. The van der Waals surface area contributed by atoms with E-state index >= 15 is 0 Å². The average Bonchev–Trinajstić information content (AvgIpc) is 2.55. The number of halogens is 1. The molecule has 1 rings (SSSR count). The number of hydrogen-bond donors (Lipinski definition) is 0. The van der Waals surface area contributed by atoms with Crippen molar-refractivity contribution in [3.05, 3.63) is 21.4 Å². The second kappa shape index (κ2) is 5.66. The molecule has 0 radical (unpaired) electrons. The molecule has 0 spiro atoms. The molecule has 2 nitrogen and oxygen atoms in total. The fourth-order valence-electron chi connectivity index (χ4n) is 1.34. The van der Waals surface area contributed by atoms with Crippen molar-refractivity contribution in [1.29, 1.82) is 0 Å². The molecule has 0 saturated carbocycles. The lowest BCUT2D eigenvalue weighted by Crippen LogP contribution is -2.31. The first-order valence-electron chi connectivity index (χ1n) is 5.02. The van der Waals surface area contributed by atoms with Gasteiger partial charge in [-0.2, -0.15) is 0 Å². The highest BCUT2D eigenvalue weighted by atomic mass is 79.9. The third kappa shape index (κ3) is 3.05. The Morgan fingerprint density at radius 1 is 1.53 bits per heavy atom. The van der Waals surface area contributed by atoms with Gasteiger partial charge >= 0.3 is 0 Å². The Hall–Kier alpha value is -0.350. The van der Waals surface area contributed by atoms with Crippen LogP contribution < -0.4 is 0 Å². The van der Waals surface area contributed by atoms with Crippen LogP contribution in [0.5, 0.6) is 0 Å². The minimum Gasteiger partial charge on any atom is -0.337 e. The van der Waals surface area contributed by atoms with Crippen molar-refractivity contribution in [2.75, 3.05) is 18.4 Å². The first-order valence-corrected chi connectivity index (χ1v) is 6.96. The van der Waals surface area contributed by atoms with E-state index in [4.69, 9.17) is 0 Å². The molecular weight excluding hydrogens is 274 g/mol. The summed E-state index contributed by atoms with van der Waals surface area (Å²) in [6.45, 7) is 7.64. The highest BCUT2D eigenvalue weighted by Gasteiger charge is 2.16. The standard InChI is InChI=1S/C11H16BrNOS/c1-4-13(6-5-12)11(14)10-7-8(2)9(3)15-10/h7H,4-6H2,1-3H3. The maximum absolute atomic E-state index is 12.0. The molecule has 1 amide bonds. The monoisotopic (exact) mass is 289 g/mol. The van der Waals surface area contributed by atoms with Gasteiger partial charge in [-0.15, -0.1) is 11.3 Å². The van der Waals surface area contributed by atoms with Crippen LogP contribution in [-0.2, 0) is 0 Å². The number of carbonyl (C=O) groups is 1. The number of rotatable bonds is 4. The van der Waals surface area contributed by atoms with Gasteiger partial charge in [-0.25, -0.2) is 0 Å². The number of amides is 1. The number of hydrogen-bond acceptors (Lipinski definition) is 2. The van der Waals surface area contributed by atoms with Crippen LogP contribution in [0.1, 0.15) is 27.0 Å². The summed E-state index contributed by atoms with van der Waals surface area (Å²) in [4.78, 5) is 16.0. The fourth-order valence-corrected chi connectivity index (χ4v) is 2.77. The molecule has 0 fully saturated rings. The quantitative estimate of drug-likeness (QED) is 0.780. The highest BCUT2D eigenvalue weighted by Crippen LogP contribution is 2.22. The molecule has 0 unspecified atom stereocenters. The summed E-state index contributed by atoms with van der Waals surface area (Å²) in [5.74, 6) is 0.151. The lowest BCUT2D eigenvalue weighted by molar-refractivity contribution is 0.0779. The van der Waals surface area contributed by atoms with Crippen molar-refractivity contribution in [2.45, 2.75) is 20.8 Å². The maximum atomic E-state index is 12.0.